The lowest BCUT2D eigenvalue weighted by Crippen LogP contribution is -2.21. The van der Waals surface area contributed by atoms with E-state index in [4.69, 9.17) is 36.5 Å². The number of benzene rings is 3. The first-order chi connectivity index (χ1) is 17.2. The highest BCUT2D eigenvalue weighted by Gasteiger charge is 2.14. The highest BCUT2D eigenvalue weighted by Crippen LogP contribution is 2.28. The number of ether oxygens (including phenoxy) is 1. The number of guanidine groups is 1. The molecule has 0 atom stereocenters. The van der Waals surface area contributed by atoms with E-state index in [0.717, 1.165) is 5.41 Å². The molecule has 0 saturated heterocycles. The summed E-state index contributed by atoms with van der Waals surface area (Å²) in [7, 11) is -7.74. The maximum Gasteiger partial charge on any atom is 0.343 e. The summed E-state index contributed by atoms with van der Waals surface area (Å²) >= 11 is 6.03. The maximum atomic E-state index is 12.4. The van der Waals surface area contributed by atoms with Crippen LogP contribution in [0.2, 0.25) is 5.02 Å². The monoisotopic (exact) mass is 567 g/mol. The maximum absolute atomic E-state index is 12.4. The Morgan fingerprint density at radius 1 is 0.946 bits per heavy atom. The molecule has 0 spiro atoms. The lowest BCUT2D eigenvalue weighted by Gasteiger charge is -2.08. The molecule has 196 valence electrons. The third kappa shape index (κ3) is 12.1. The van der Waals surface area contributed by atoms with Crippen LogP contribution in [0.4, 0.5) is 5.69 Å². The zero-order chi connectivity index (χ0) is 27.6. The van der Waals surface area contributed by atoms with Crippen molar-refractivity contribution >= 4 is 55.5 Å². The number of hydrogen-bond acceptors (Lipinski definition) is 8. The number of nitrogens with zero attached hydrogens (tertiary/aromatic N) is 1. The average Bonchev–Trinajstić information content (AvgIpc) is 2.77. The van der Waals surface area contributed by atoms with Gasteiger partial charge in [0.2, 0.25) is 0 Å². The van der Waals surface area contributed by atoms with E-state index in [1.807, 2.05) is 6.07 Å². The largest absolute Gasteiger partial charge is 0.423 e. The minimum atomic E-state index is -4.07. The van der Waals surface area contributed by atoms with Gasteiger partial charge in [0, 0.05) is 17.2 Å². The second-order valence-corrected chi connectivity index (χ2v) is 10.4. The van der Waals surface area contributed by atoms with Crippen LogP contribution in [0.15, 0.2) is 83.2 Å². The normalized spacial score (nSPS) is 11.2. The number of halogens is 1. The smallest absolute Gasteiger partial charge is 0.343 e. The highest BCUT2D eigenvalue weighted by atomic mass is 35.5. The molecule has 0 bridgehead atoms. The first-order valence-corrected chi connectivity index (χ1v) is 13.7. The molecule has 0 heterocycles. The Labute approximate surface area is 218 Å². The predicted octanol–water partition coefficient (Wildman–Crippen LogP) is 3.35. The van der Waals surface area contributed by atoms with E-state index in [1.165, 1.54) is 48.5 Å². The predicted molar refractivity (Wildman–Crippen MR) is 141 cm³/mol. The molecule has 0 aliphatic rings. The molecule has 3 aromatic rings. The van der Waals surface area contributed by atoms with Crippen LogP contribution in [-0.4, -0.2) is 39.6 Å². The van der Waals surface area contributed by atoms with Gasteiger partial charge in [0.25, 0.3) is 10.1 Å². The Morgan fingerprint density at radius 2 is 1.51 bits per heavy atom. The van der Waals surface area contributed by atoms with Crippen LogP contribution >= 0.6 is 11.6 Å². The summed E-state index contributed by atoms with van der Waals surface area (Å²) in [6.07, 6.45) is 2.11. The topological polar surface area (TPSA) is 188 Å². The summed E-state index contributed by atoms with van der Waals surface area (Å²) in [5.74, 6) is -0.907. The van der Waals surface area contributed by atoms with Crippen molar-refractivity contribution in [3.8, 4) is 11.5 Å². The van der Waals surface area contributed by atoms with E-state index in [1.54, 1.807) is 24.3 Å². The van der Waals surface area contributed by atoms with Crippen LogP contribution in [0.5, 0.6) is 11.5 Å². The summed E-state index contributed by atoms with van der Waals surface area (Å²) < 4.78 is 60.7. The fourth-order valence-corrected chi connectivity index (χ4v) is 3.48. The SMILES string of the molecule is CS(=O)(=O)O.NC(N)=Nc1ccc(C(=O)Oc2cc(Cl)cc(OS(=O)(=O)/C=C/c3ccccc3)c2)cc1. The van der Waals surface area contributed by atoms with Gasteiger partial charge in [0.1, 0.15) is 11.5 Å². The zero-order valence-electron chi connectivity index (χ0n) is 19.2. The molecule has 5 N–H and O–H groups in total. The number of carbonyl (C=O) groups excluding carboxylic acids is 1. The lowest BCUT2D eigenvalue weighted by molar-refractivity contribution is 0.0734. The van der Waals surface area contributed by atoms with Gasteiger partial charge in [-0.2, -0.15) is 16.8 Å². The Kier molecular flexibility index (Phi) is 10.2. The first-order valence-electron chi connectivity index (χ1n) is 10.0. The van der Waals surface area contributed by atoms with Crippen LogP contribution in [0.25, 0.3) is 6.08 Å². The average molecular weight is 568 g/mol. The van der Waals surface area contributed by atoms with Gasteiger partial charge >= 0.3 is 16.1 Å². The van der Waals surface area contributed by atoms with Gasteiger partial charge < -0.3 is 20.4 Å². The summed E-state index contributed by atoms with van der Waals surface area (Å²) in [5, 5.41) is 1.04. The van der Waals surface area contributed by atoms with Crippen molar-refractivity contribution in [2.24, 2.45) is 16.5 Å². The van der Waals surface area contributed by atoms with Gasteiger partial charge in [-0.25, -0.2) is 9.79 Å². The molecule has 11 nitrogen and oxygen atoms in total. The fraction of sp³-hybridized carbons (Fsp3) is 0.0435. The summed E-state index contributed by atoms with van der Waals surface area (Å²) in [6.45, 7) is 0. The third-order valence-electron chi connectivity index (χ3n) is 3.86. The zero-order valence-corrected chi connectivity index (χ0v) is 21.6. The Bertz CT molecular complexity index is 1500. The number of esters is 1. The summed E-state index contributed by atoms with van der Waals surface area (Å²) in [5.41, 5.74) is 12.0. The standard InChI is InChI=1S/C22H18ClN3O5S.CH4O3S/c23-17-12-19(30-21(27)16-6-8-18(9-7-16)26-22(24)25)14-20(13-17)31-32(28,29)11-10-15-4-2-1-3-5-15;1-5(2,3)4/h1-14H,(H4,24,25,26);1H3,(H,2,3,4)/b11-10+;. The molecule has 37 heavy (non-hydrogen) atoms. The lowest BCUT2D eigenvalue weighted by atomic mass is 10.2. The number of hydrogen-bond donors (Lipinski definition) is 3. The van der Waals surface area contributed by atoms with E-state index in [0.29, 0.717) is 17.5 Å². The van der Waals surface area contributed by atoms with Crippen molar-refractivity contribution in [2.75, 3.05) is 6.26 Å². The molecule has 0 amide bonds. The minimum Gasteiger partial charge on any atom is -0.423 e. The molecule has 3 aromatic carbocycles. The molecule has 0 saturated carbocycles. The molecule has 0 aromatic heterocycles. The summed E-state index contributed by atoms with van der Waals surface area (Å²) in [4.78, 5) is 16.3. The van der Waals surface area contributed by atoms with Gasteiger partial charge in [-0.05, 0) is 42.0 Å². The van der Waals surface area contributed by atoms with E-state index < -0.39 is 26.2 Å². The van der Waals surface area contributed by atoms with Crippen LogP contribution in [0, 0.1) is 0 Å². The van der Waals surface area contributed by atoms with Gasteiger partial charge in [0.05, 0.1) is 22.9 Å². The van der Waals surface area contributed by atoms with Crippen LogP contribution in [0.3, 0.4) is 0 Å². The molecule has 0 radical (unpaired) electrons. The van der Waals surface area contributed by atoms with Crippen molar-refractivity contribution in [1.29, 1.82) is 0 Å². The van der Waals surface area contributed by atoms with Crippen molar-refractivity contribution in [2.45, 2.75) is 0 Å². The molecule has 0 aliphatic heterocycles. The quantitative estimate of drug-likeness (QED) is 0.0953. The first kappa shape index (κ1) is 29.3. The van der Waals surface area contributed by atoms with E-state index in [-0.39, 0.29) is 28.0 Å². The van der Waals surface area contributed by atoms with Gasteiger partial charge in [-0.15, -0.1) is 0 Å². The molecule has 0 unspecified atom stereocenters. The summed E-state index contributed by atoms with van der Waals surface area (Å²) in [6, 6.07) is 18.8. The minimum absolute atomic E-state index is 0.00744. The number of rotatable bonds is 7. The number of carbonyl (C=O) groups is 1. The second-order valence-electron chi connectivity index (χ2n) is 7.12. The molecule has 0 aliphatic carbocycles. The van der Waals surface area contributed by atoms with Crippen molar-refractivity contribution < 1.29 is 35.1 Å². The third-order valence-corrected chi connectivity index (χ3v) is 4.97. The molecular weight excluding hydrogens is 546 g/mol. The van der Waals surface area contributed by atoms with E-state index in [9.17, 15) is 21.6 Å². The van der Waals surface area contributed by atoms with Crippen LogP contribution in [-0.2, 0) is 20.2 Å². The van der Waals surface area contributed by atoms with Gasteiger partial charge in [0.15, 0.2) is 5.96 Å². The highest BCUT2D eigenvalue weighted by molar-refractivity contribution is 7.90. The Hall–Kier alpha value is -3.91. The van der Waals surface area contributed by atoms with Crippen LogP contribution in [0.1, 0.15) is 15.9 Å². The Balaban J connectivity index is 0.000000877. The van der Waals surface area contributed by atoms with Gasteiger partial charge in [-0.1, -0.05) is 41.9 Å². The van der Waals surface area contributed by atoms with Crippen molar-refractivity contribution in [1.82, 2.24) is 0 Å². The Morgan fingerprint density at radius 3 is 2.08 bits per heavy atom. The van der Waals surface area contributed by atoms with Gasteiger partial charge in [-0.3, -0.25) is 4.55 Å². The molecule has 0 fully saturated rings. The molecule has 14 heteroatoms. The van der Waals surface area contributed by atoms with E-state index >= 15 is 0 Å². The number of nitrogens with two attached hydrogens (primary N) is 2. The van der Waals surface area contributed by atoms with Crippen molar-refractivity contribution in [3.05, 3.63) is 94.4 Å². The van der Waals surface area contributed by atoms with E-state index in [2.05, 4.69) is 4.99 Å². The second kappa shape index (κ2) is 12.9. The van der Waals surface area contributed by atoms with Crippen LogP contribution < -0.4 is 20.4 Å². The molecular formula is C23H22ClN3O8S2. The van der Waals surface area contributed by atoms with Crippen molar-refractivity contribution in [3.63, 3.8) is 0 Å². The number of aliphatic imine (C=N–C) groups is 1. The fourth-order valence-electron chi connectivity index (χ4n) is 2.52. The molecule has 3 rings (SSSR count).